The van der Waals surface area contributed by atoms with E-state index in [0.29, 0.717) is 13.2 Å². The molecule has 0 bridgehead atoms. The van der Waals surface area contributed by atoms with Crippen molar-refractivity contribution in [2.45, 2.75) is 6.92 Å². The van der Waals surface area contributed by atoms with Crippen molar-refractivity contribution in [2.75, 3.05) is 25.6 Å². The van der Waals surface area contributed by atoms with Crippen LogP contribution < -0.4 is 11.1 Å². The van der Waals surface area contributed by atoms with Gasteiger partial charge in [-0.15, -0.1) is 0 Å². The fraction of sp³-hybridized carbons (Fsp3) is 0.417. The summed E-state index contributed by atoms with van der Waals surface area (Å²) in [5.41, 5.74) is 5.33. The van der Waals surface area contributed by atoms with Gasteiger partial charge in [-0.2, -0.15) is 0 Å². The van der Waals surface area contributed by atoms with Gasteiger partial charge in [-0.3, -0.25) is 0 Å². The molecule has 1 aromatic rings. The molecule has 1 atom stereocenters. The zero-order valence-corrected chi connectivity index (χ0v) is 11.1. The van der Waals surface area contributed by atoms with Crippen molar-refractivity contribution in [2.24, 2.45) is 11.7 Å². The molecule has 100 valence electrons. The number of ether oxygens (including phenoxy) is 1. The van der Waals surface area contributed by atoms with Gasteiger partial charge in [-0.1, -0.05) is 19.1 Å². The number of nitrogens with one attached hydrogen (secondary N) is 1. The van der Waals surface area contributed by atoms with E-state index in [2.05, 4.69) is 17.5 Å². The van der Waals surface area contributed by atoms with Crippen LogP contribution >= 0.6 is 12.2 Å². The van der Waals surface area contributed by atoms with E-state index in [9.17, 15) is 8.78 Å². The Balaban J connectivity index is 2.81. The second-order valence-electron chi connectivity index (χ2n) is 4.12. The van der Waals surface area contributed by atoms with Crippen LogP contribution in [0.1, 0.15) is 12.5 Å². The van der Waals surface area contributed by atoms with Crippen molar-refractivity contribution in [3.05, 3.63) is 29.3 Å². The number of methoxy groups -OCH3 is 1. The summed E-state index contributed by atoms with van der Waals surface area (Å²) in [5.74, 6) is -1.27. The Morgan fingerprint density at radius 1 is 1.44 bits per heavy atom. The van der Waals surface area contributed by atoms with Crippen LogP contribution in [0, 0.1) is 17.6 Å². The van der Waals surface area contributed by atoms with Crippen molar-refractivity contribution < 1.29 is 13.5 Å². The molecule has 1 aromatic carbocycles. The molecule has 0 spiro atoms. The van der Waals surface area contributed by atoms with Crippen molar-refractivity contribution in [1.82, 2.24) is 0 Å². The SMILES string of the molecule is COCC(C)CNc1c(F)cc(C(N)=S)cc1F. The molecule has 0 saturated carbocycles. The molecular weight excluding hydrogens is 258 g/mol. The fourth-order valence-corrected chi connectivity index (χ4v) is 1.62. The lowest BCUT2D eigenvalue weighted by atomic mass is 10.1. The number of halogens is 2. The molecule has 3 nitrogen and oxygen atoms in total. The van der Waals surface area contributed by atoms with Gasteiger partial charge in [0.25, 0.3) is 0 Å². The van der Waals surface area contributed by atoms with Crippen LogP contribution in [0.15, 0.2) is 12.1 Å². The minimum atomic E-state index is -0.706. The first-order chi connectivity index (χ1) is 8.45. The maximum Gasteiger partial charge on any atom is 0.150 e. The van der Waals surface area contributed by atoms with E-state index in [1.165, 1.54) is 0 Å². The topological polar surface area (TPSA) is 47.3 Å². The third-order valence-corrected chi connectivity index (χ3v) is 2.64. The first-order valence-electron chi connectivity index (χ1n) is 5.47. The Labute approximate surface area is 110 Å². The summed E-state index contributed by atoms with van der Waals surface area (Å²) in [6.45, 7) is 2.84. The Morgan fingerprint density at radius 3 is 2.44 bits per heavy atom. The van der Waals surface area contributed by atoms with E-state index >= 15 is 0 Å². The lowest BCUT2D eigenvalue weighted by molar-refractivity contribution is 0.164. The number of benzene rings is 1. The molecule has 0 amide bonds. The average molecular weight is 274 g/mol. The van der Waals surface area contributed by atoms with Gasteiger partial charge in [-0.05, 0) is 18.1 Å². The summed E-state index contributed by atoms with van der Waals surface area (Å²) in [7, 11) is 1.58. The lowest BCUT2D eigenvalue weighted by Crippen LogP contribution is -2.18. The smallest absolute Gasteiger partial charge is 0.150 e. The van der Waals surface area contributed by atoms with E-state index < -0.39 is 11.6 Å². The van der Waals surface area contributed by atoms with Gasteiger partial charge in [0.1, 0.15) is 22.3 Å². The Hall–Kier alpha value is -1.27. The Kier molecular flexibility index (Phi) is 5.43. The highest BCUT2D eigenvalue weighted by atomic mass is 32.1. The van der Waals surface area contributed by atoms with Crippen LogP contribution in [-0.4, -0.2) is 25.2 Å². The molecule has 6 heteroatoms. The van der Waals surface area contributed by atoms with Gasteiger partial charge in [-0.25, -0.2) is 8.78 Å². The van der Waals surface area contributed by atoms with E-state index in [-0.39, 0.29) is 22.2 Å². The maximum atomic E-state index is 13.7. The summed E-state index contributed by atoms with van der Waals surface area (Å²) < 4.78 is 32.3. The molecule has 0 heterocycles. The van der Waals surface area contributed by atoms with Gasteiger partial charge in [0.05, 0.1) is 6.61 Å². The number of thiocarbonyl (C=S) groups is 1. The summed E-state index contributed by atoms with van der Waals surface area (Å²) in [6.07, 6.45) is 0. The summed E-state index contributed by atoms with van der Waals surface area (Å²) in [5, 5.41) is 2.72. The van der Waals surface area contributed by atoms with Gasteiger partial charge in [0.2, 0.25) is 0 Å². The fourth-order valence-electron chi connectivity index (χ4n) is 1.50. The summed E-state index contributed by atoms with van der Waals surface area (Å²) in [6, 6.07) is 2.24. The van der Waals surface area contributed by atoms with Crippen LogP contribution in [0.5, 0.6) is 0 Å². The number of hydrogen-bond acceptors (Lipinski definition) is 3. The highest BCUT2D eigenvalue weighted by molar-refractivity contribution is 7.80. The zero-order chi connectivity index (χ0) is 13.7. The quantitative estimate of drug-likeness (QED) is 0.781. The molecule has 3 N–H and O–H groups in total. The monoisotopic (exact) mass is 274 g/mol. The van der Waals surface area contributed by atoms with Crippen molar-refractivity contribution >= 4 is 22.9 Å². The maximum absolute atomic E-state index is 13.7. The third kappa shape index (κ3) is 3.89. The van der Waals surface area contributed by atoms with Crippen LogP contribution in [0.3, 0.4) is 0 Å². The molecule has 0 radical (unpaired) electrons. The summed E-state index contributed by atoms with van der Waals surface area (Å²) in [4.78, 5) is -0.0351. The minimum Gasteiger partial charge on any atom is -0.389 e. The van der Waals surface area contributed by atoms with Crippen LogP contribution in [0.2, 0.25) is 0 Å². The highest BCUT2D eigenvalue weighted by Crippen LogP contribution is 2.21. The minimum absolute atomic E-state index is 0.0351. The van der Waals surface area contributed by atoms with Gasteiger partial charge in [0.15, 0.2) is 0 Å². The molecule has 0 fully saturated rings. The second kappa shape index (κ2) is 6.61. The number of rotatable bonds is 6. The zero-order valence-electron chi connectivity index (χ0n) is 10.3. The first-order valence-corrected chi connectivity index (χ1v) is 5.88. The number of nitrogens with two attached hydrogens (primary N) is 1. The third-order valence-electron chi connectivity index (χ3n) is 2.41. The molecule has 0 aromatic heterocycles. The predicted molar refractivity (Wildman–Crippen MR) is 71.8 cm³/mol. The normalized spacial score (nSPS) is 12.2. The molecule has 0 saturated heterocycles. The van der Waals surface area contributed by atoms with Gasteiger partial charge >= 0.3 is 0 Å². The average Bonchev–Trinajstić information content (AvgIpc) is 2.27. The molecule has 0 aliphatic carbocycles. The van der Waals surface area contributed by atoms with Crippen molar-refractivity contribution in [1.29, 1.82) is 0 Å². The standard InChI is InChI=1S/C12H16F2N2OS/c1-7(6-17-2)5-16-11-9(13)3-8(12(15)18)4-10(11)14/h3-4,7,16H,5-6H2,1-2H3,(H2,15,18). The Bertz CT molecular complexity index is 417. The van der Waals surface area contributed by atoms with E-state index in [1.54, 1.807) is 7.11 Å². The van der Waals surface area contributed by atoms with E-state index in [1.807, 2.05) is 6.92 Å². The van der Waals surface area contributed by atoms with E-state index in [4.69, 9.17) is 10.5 Å². The molecule has 0 aliphatic rings. The van der Waals surface area contributed by atoms with Crippen molar-refractivity contribution in [3.63, 3.8) is 0 Å². The van der Waals surface area contributed by atoms with Crippen LogP contribution in [-0.2, 0) is 4.74 Å². The number of anilines is 1. The summed E-state index contributed by atoms with van der Waals surface area (Å²) >= 11 is 4.67. The second-order valence-corrected chi connectivity index (χ2v) is 4.56. The van der Waals surface area contributed by atoms with Gasteiger partial charge in [0, 0.05) is 19.2 Å². The molecule has 0 aliphatic heterocycles. The highest BCUT2D eigenvalue weighted by Gasteiger charge is 2.13. The predicted octanol–water partition coefficient (Wildman–Crippen LogP) is 2.29. The largest absolute Gasteiger partial charge is 0.389 e. The molecule has 1 rings (SSSR count). The molecule has 18 heavy (non-hydrogen) atoms. The molecule has 1 unspecified atom stereocenters. The van der Waals surface area contributed by atoms with Crippen LogP contribution in [0.25, 0.3) is 0 Å². The molecular formula is C12H16F2N2OS. The lowest BCUT2D eigenvalue weighted by Gasteiger charge is -2.14. The first kappa shape index (κ1) is 14.8. The van der Waals surface area contributed by atoms with Crippen LogP contribution in [0.4, 0.5) is 14.5 Å². The number of hydrogen-bond donors (Lipinski definition) is 2. The Morgan fingerprint density at radius 2 is 2.00 bits per heavy atom. The van der Waals surface area contributed by atoms with E-state index in [0.717, 1.165) is 12.1 Å². The van der Waals surface area contributed by atoms with Crippen molar-refractivity contribution in [3.8, 4) is 0 Å². The van der Waals surface area contributed by atoms with Gasteiger partial charge < -0.3 is 15.8 Å².